The number of nitrogens with two attached hydrogens (primary N) is 1. The van der Waals surface area contributed by atoms with E-state index in [0.717, 1.165) is 15.7 Å². The van der Waals surface area contributed by atoms with Crippen LogP contribution in [0.2, 0.25) is 0 Å². The number of carbonyl (C=O) groups is 1. The van der Waals surface area contributed by atoms with E-state index in [1.807, 2.05) is 4.90 Å². The Bertz CT molecular complexity index is 255. The van der Waals surface area contributed by atoms with Crippen LogP contribution in [-0.2, 0) is 4.74 Å². The Morgan fingerprint density at radius 1 is 1.60 bits per heavy atom. The van der Waals surface area contributed by atoms with Crippen LogP contribution >= 0.6 is 24.8 Å². The summed E-state index contributed by atoms with van der Waals surface area (Å²) in [6, 6.07) is -0.477. The largest absolute Gasteiger partial charge is 0.378 e. The van der Waals surface area contributed by atoms with Gasteiger partial charge in [0, 0.05) is 19.3 Å². The molecular formula is C7H14N4O2S2. The van der Waals surface area contributed by atoms with Crippen LogP contribution in [0.3, 0.4) is 0 Å². The van der Waals surface area contributed by atoms with Gasteiger partial charge in [0.25, 0.3) is 0 Å². The monoisotopic (exact) mass is 250 g/mol. The molecule has 1 fully saturated rings. The van der Waals surface area contributed by atoms with E-state index in [-0.39, 0.29) is 5.96 Å². The number of aliphatic imine (C=N–C) groups is 1. The fraction of sp³-hybridized carbons (Fsp3) is 0.714. The molecule has 2 amide bonds. The van der Waals surface area contributed by atoms with E-state index in [9.17, 15) is 4.79 Å². The summed E-state index contributed by atoms with van der Waals surface area (Å²) in [4.78, 5) is 16.9. The van der Waals surface area contributed by atoms with Gasteiger partial charge in [0.2, 0.25) is 5.96 Å². The van der Waals surface area contributed by atoms with Crippen LogP contribution in [0.5, 0.6) is 0 Å². The number of hydrogen-bond donors (Lipinski definition) is 2. The Morgan fingerprint density at radius 2 is 2.20 bits per heavy atom. The summed E-state index contributed by atoms with van der Waals surface area (Å²) in [5.41, 5.74) is 5.67. The first kappa shape index (κ1) is 12.5. The highest BCUT2D eigenvalue weighted by molar-refractivity contribution is 8.05. The van der Waals surface area contributed by atoms with Gasteiger partial charge in [-0.05, 0) is 11.9 Å². The smallest absolute Gasteiger partial charge is 0.366 e. The maximum atomic E-state index is 11.3. The Kier molecular flexibility index (Phi) is 5.06. The lowest BCUT2D eigenvalue weighted by atomic mass is 10.4. The third kappa shape index (κ3) is 3.80. The summed E-state index contributed by atoms with van der Waals surface area (Å²) in [7, 11) is 0. The molecule has 1 rings (SSSR count). The Labute approximate surface area is 98.5 Å². The van der Waals surface area contributed by atoms with Crippen molar-refractivity contribution in [1.82, 2.24) is 8.61 Å². The second-order valence-corrected chi connectivity index (χ2v) is 4.21. The van der Waals surface area contributed by atoms with Crippen molar-refractivity contribution in [1.29, 1.82) is 0 Å². The number of nitrogens with zero attached hydrogens (tertiary/aromatic N) is 3. The van der Waals surface area contributed by atoms with Gasteiger partial charge in [0.05, 0.1) is 13.2 Å². The molecule has 0 spiro atoms. The van der Waals surface area contributed by atoms with Crippen molar-refractivity contribution in [3.05, 3.63) is 0 Å². The number of rotatable bonds is 1. The van der Waals surface area contributed by atoms with Crippen LogP contribution in [0.15, 0.2) is 4.99 Å². The second kappa shape index (κ2) is 6.09. The molecule has 0 aliphatic carbocycles. The molecule has 86 valence electrons. The molecule has 8 heteroatoms. The first-order valence-corrected chi connectivity index (χ1v) is 5.97. The number of guanidine groups is 1. The zero-order chi connectivity index (χ0) is 11.3. The lowest BCUT2D eigenvalue weighted by Crippen LogP contribution is -2.45. The molecule has 0 aromatic heterocycles. The Balaban J connectivity index is 2.53. The van der Waals surface area contributed by atoms with Gasteiger partial charge in [0.1, 0.15) is 0 Å². The van der Waals surface area contributed by atoms with Gasteiger partial charge in [-0.25, -0.2) is 8.51 Å². The first-order valence-electron chi connectivity index (χ1n) is 4.39. The number of ether oxygens (including phenoxy) is 1. The van der Waals surface area contributed by atoms with Crippen LogP contribution in [-0.4, -0.2) is 53.2 Å². The Morgan fingerprint density at radius 3 is 2.73 bits per heavy atom. The molecule has 0 aromatic carbocycles. The van der Waals surface area contributed by atoms with Crippen molar-refractivity contribution < 1.29 is 9.53 Å². The predicted molar refractivity (Wildman–Crippen MR) is 63.8 cm³/mol. The van der Waals surface area contributed by atoms with E-state index in [2.05, 4.69) is 17.8 Å². The van der Waals surface area contributed by atoms with Gasteiger partial charge in [-0.15, -0.1) is 0 Å². The number of thiol groups is 1. The van der Waals surface area contributed by atoms with E-state index in [4.69, 9.17) is 10.5 Å². The topological polar surface area (TPSA) is 71.2 Å². The van der Waals surface area contributed by atoms with Crippen LogP contribution in [0, 0.1) is 0 Å². The quantitative estimate of drug-likeness (QED) is 0.301. The van der Waals surface area contributed by atoms with Crippen molar-refractivity contribution >= 4 is 36.8 Å². The molecule has 1 aliphatic rings. The van der Waals surface area contributed by atoms with Gasteiger partial charge in [-0.3, -0.25) is 0 Å². The van der Waals surface area contributed by atoms with Gasteiger partial charge in [-0.2, -0.15) is 4.99 Å². The number of urea groups is 1. The summed E-state index contributed by atoms with van der Waals surface area (Å²) >= 11 is 5.07. The fourth-order valence-electron chi connectivity index (χ4n) is 1.08. The van der Waals surface area contributed by atoms with Crippen LogP contribution in [0.4, 0.5) is 4.79 Å². The van der Waals surface area contributed by atoms with Gasteiger partial charge >= 0.3 is 6.03 Å². The average molecular weight is 250 g/mol. The molecule has 1 saturated heterocycles. The highest BCUT2D eigenvalue weighted by Crippen LogP contribution is 2.10. The number of carbonyl (C=O) groups excluding carboxylic acids is 1. The zero-order valence-electron chi connectivity index (χ0n) is 8.42. The highest BCUT2D eigenvalue weighted by Gasteiger charge is 2.15. The summed E-state index contributed by atoms with van der Waals surface area (Å²) in [6.07, 6.45) is 1.73. The van der Waals surface area contributed by atoms with Crippen LogP contribution in [0.1, 0.15) is 0 Å². The molecule has 0 radical (unpaired) electrons. The van der Waals surface area contributed by atoms with Crippen molar-refractivity contribution in [3.63, 3.8) is 0 Å². The van der Waals surface area contributed by atoms with E-state index >= 15 is 0 Å². The molecule has 15 heavy (non-hydrogen) atoms. The van der Waals surface area contributed by atoms with Crippen LogP contribution in [0.25, 0.3) is 0 Å². The SMILES string of the molecule is CSN(S)C(=O)N=C(N)N1CCOCC1. The van der Waals surface area contributed by atoms with Crippen LogP contribution < -0.4 is 5.73 Å². The summed E-state index contributed by atoms with van der Waals surface area (Å²) in [6.45, 7) is 2.54. The minimum Gasteiger partial charge on any atom is -0.378 e. The number of morpholine rings is 1. The minimum absolute atomic E-state index is 0.219. The molecule has 0 atom stereocenters. The number of amides is 2. The van der Waals surface area contributed by atoms with E-state index < -0.39 is 6.03 Å². The molecular weight excluding hydrogens is 236 g/mol. The average Bonchev–Trinajstić information content (AvgIpc) is 2.29. The third-order valence-electron chi connectivity index (χ3n) is 1.88. The summed E-state index contributed by atoms with van der Waals surface area (Å²) < 4.78 is 6.28. The molecule has 0 bridgehead atoms. The molecule has 2 N–H and O–H groups in total. The van der Waals surface area contributed by atoms with E-state index in [1.54, 1.807) is 6.26 Å². The molecule has 1 aliphatic heterocycles. The van der Waals surface area contributed by atoms with Crippen molar-refractivity contribution in [2.75, 3.05) is 32.6 Å². The molecule has 6 nitrogen and oxygen atoms in total. The third-order valence-corrected chi connectivity index (χ3v) is 3.04. The van der Waals surface area contributed by atoms with Gasteiger partial charge < -0.3 is 15.4 Å². The molecule has 1 heterocycles. The van der Waals surface area contributed by atoms with Crippen molar-refractivity contribution in [3.8, 4) is 0 Å². The summed E-state index contributed by atoms with van der Waals surface area (Å²) in [5, 5.41) is 0. The highest BCUT2D eigenvalue weighted by atomic mass is 32.2. The summed E-state index contributed by atoms with van der Waals surface area (Å²) in [5.74, 6) is 0.219. The lowest BCUT2D eigenvalue weighted by molar-refractivity contribution is 0.0675. The first-order chi connectivity index (χ1) is 7.15. The minimum atomic E-state index is -0.477. The van der Waals surface area contributed by atoms with Crippen molar-refractivity contribution in [2.45, 2.75) is 0 Å². The van der Waals surface area contributed by atoms with Gasteiger partial charge in [0.15, 0.2) is 0 Å². The molecule has 0 aromatic rings. The zero-order valence-corrected chi connectivity index (χ0v) is 10.1. The van der Waals surface area contributed by atoms with E-state index in [0.29, 0.717) is 26.3 Å². The normalized spacial score (nSPS) is 17.7. The molecule has 0 saturated carbocycles. The molecule has 0 unspecified atom stereocenters. The van der Waals surface area contributed by atoms with E-state index in [1.165, 1.54) is 0 Å². The maximum Gasteiger partial charge on any atom is 0.366 e. The van der Waals surface area contributed by atoms with Crippen molar-refractivity contribution in [2.24, 2.45) is 10.7 Å². The maximum absolute atomic E-state index is 11.3. The predicted octanol–water partition coefficient (Wildman–Crippen LogP) is 0.178. The van der Waals surface area contributed by atoms with Gasteiger partial charge in [-0.1, -0.05) is 12.8 Å². The second-order valence-electron chi connectivity index (χ2n) is 2.81. The lowest BCUT2D eigenvalue weighted by Gasteiger charge is -2.27. The fourth-order valence-corrected chi connectivity index (χ4v) is 1.32. The number of hydrogen-bond acceptors (Lipinski definition) is 4. The standard InChI is InChI=1S/C7H14N4O2S2/c1-15-11(14)7(12)9-6(8)10-2-4-13-5-3-10/h14H,2-5H2,1H3,(H2,8,9,12). The Hall–Kier alpha value is -0.600.